The highest BCUT2D eigenvalue weighted by Crippen LogP contribution is 2.24. The third-order valence-corrected chi connectivity index (χ3v) is 3.66. The topological polar surface area (TPSA) is 32.7 Å². The lowest BCUT2D eigenvalue weighted by atomic mass is 9.89. The van der Waals surface area contributed by atoms with Gasteiger partial charge < -0.3 is 9.84 Å². The molecule has 1 fully saturated rings. The fourth-order valence-corrected chi connectivity index (χ4v) is 2.19. The summed E-state index contributed by atoms with van der Waals surface area (Å²) in [6, 6.07) is 0. The molecular formula is C13H27NO2. The molecule has 0 radical (unpaired) electrons. The quantitative estimate of drug-likeness (QED) is 0.781. The van der Waals surface area contributed by atoms with Crippen LogP contribution in [0.15, 0.2) is 0 Å². The number of morpholine rings is 1. The van der Waals surface area contributed by atoms with Crippen molar-refractivity contribution in [3.05, 3.63) is 0 Å². The molecule has 1 aliphatic heterocycles. The van der Waals surface area contributed by atoms with Gasteiger partial charge in [0, 0.05) is 18.6 Å². The van der Waals surface area contributed by atoms with Gasteiger partial charge in [0.2, 0.25) is 0 Å². The summed E-state index contributed by atoms with van der Waals surface area (Å²) in [5, 5.41) is 10.3. The lowest BCUT2D eigenvalue weighted by Gasteiger charge is -2.44. The first-order valence-electron chi connectivity index (χ1n) is 6.45. The first-order chi connectivity index (χ1) is 7.44. The largest absolute Gasteiger partial charge is 0.391 e. The van der Waals surface area contributed by atoms with Crippen LogP contribution < -0.4 is 0 Å². The van der Waals surface area contributed by atoms with E-state index in [1.807, 2.05) is 0 Å². The maximum atomic E-state index is 10.3. The Hall–Kier alpha value is -0.120. The summed E-state index contributed by atoms with van der Waals surface area (Å²) < 4.78 is 5.35. The summed E-state index contributed by atoms with van der Waals surface area (Å²) in [4.78, 5) is 2.35. The Kier molecular flexibility index (Phi) is 5.22. The van der Waals surface area contributed by atoms with Crippen molar-refractivity contribution in [2.75, 3.05) is 26.3 Å². The van der Waals surface area contributed by atoms with Crippen molar-refractivity contribution in [1.29, 1.82) is 0 Å². The number of hydrogen-bond acceptors (Lipinski definition) is 3. The highest BCUT2D eigenvalue weighted by atomic mass is 16.5. The van der Waals surface area contributed by atoms with E-state index in [9.17, 15) is 5.11 Å². The SMILES string of the molecule is CC(C)CCC(O)C(C)(C)N1CCOCC1. The molecule has 0 bridgehead atoms. The van der Waals surface area contributed by atoms with Crippen molar-refractivity contribution in [3.8, 4) is 0 Å². The fourth-order valence-electron chi connectivity index (χ4n) is 2.19. The normalized spacial score (nSPS) is 21.4. The van der Waals surface area contributed by atoms with Crippen molar-refractivity contribution in [2.24, 2.45) is 5.92 Å². The molecule has 1 rings (SSSR count). The molecule has 0 aromatic carbocycles. The summed E-state index contributed by atoms with van der Waals surface area (Å²) in [5.41, 5.74) is -0.126. The van der Waals surface area contributed by atoms with Crippen LogP contribution in [0.2, 0.25) is 0 Å². The molecule has 0 aromatic heterocycles. The van der Waals surface area contributed by atoms with Gasteiger partial charge in [-0.15, -0.1) is 0 Å². The smallest absolute Gasteiger partial charge is 0.0718 e. The average molecular weight is 229 g/mol. The molecule has 0 aliphatic carbocycles. The number of rotatable bonds is 5. The van der Waals surface area contributed by atoms with E-state index in [0.29, 0.717) is 5.92 Å². The molecule has 1 heterocycles. The average Bonchev–Trinajstić information content (AvgIpc) is 2.27. The Balaban J connectivity index is 2.46. The number of nitrogens with zero attached hydrogens (tertiary/aromatic N) is 1. The third-order valence-electron chi connectivity index (χ3n) is 3.66. The van der Waals surface area contributed by atoms with Gasteiger partial charge in [0.15, 0.2) is 0 Å². The minimum atomic E-state index is -0.243. The summed E-state index contributed by atoms with van der Waals surface area (Å²) in [6.45, 7) is 12.1. The van der Waals surface area contributed by atoms with Gasteiger partial charge in [0.05, 0.1) is 19.3 Å². The number of hydrogen-bond donors (Lipinski definition) is 1. The van der Waals surface area contributed by atoms with Gasteiger partial charge in [0.1, 0.15) is 0 Å². The monoisotopic (exact) mass is 229 g/mol. The zero-order chi connectivity index (χ0) is 12.2. The standard InChI is InChI=1S/C13H27NO2/c1-11(2)5-6-12(15)13(3,4)14-7-9-16-10-8-14/h11-12,15H,5-10H2,1-4H3. The van der Waals surface area contributed by atoms with Crippen LogP contribution in [-0.2, 0) is 4.74 Å². The van der Waals surface area contributed by atoms with Gasteiger partial charge in [-0.25, -0.2) is 0 Å². The van der Waals surface area contributed by atoms with E-state index in [2.05, 4.69) is 32.6 Å². The summed E-state index contributed by atoms with van der Waals surface area (Å²) in [6.07, 6.45) is 1.74. The third kappa shape index (κ3) is 3.72. The van der Waals surface area contributed by atoms with Gasteiger partial charge in [-0.05, 0) is 32.6 Å². The van der Waals surface area contributed by atoms with Crippen LogP contribution in [-0.4, -0.2) is 48.0 Å². The molecule has 1 atom stereocenters. The van der Waals surface area contributed by atoms with E-state index >= 15 is 0 Å². The fraction of sp³-hybridized carbons (Fsp3) is 1.00. The van der Waals surface area contributed by atoms with Crippen molar-refractivity contribution in [1.82, 2.24) is 4.90 Å². The second-order valence-corrected chi connectivity index (χ2v) is 5.74. The summed E-state index contributed by atoms with van der Waals surface area (Å²) in [5.74, 6) is 0.662. The molecule has 0 saturated carbocycles. The van der Waals surface area contributed by atoms with Gasteiger partial charge in [-0.3, -0.25) is 4.90 Å². The van der Waals surface area contributed by atoms with Crippen molar-refractivity contribution in [3.63, 3.8) is 0 Å². The van der Waals surface area contributed by atoms with E-state index in [4.69, 9.17) is 4.74 Å². The minimum absolute atomic E-state index is 0.126. The molecular weight excluding hydrogens is 202 g/mol. The highest BCUT2D eigenvalue weighted by Gasteiger charge is 2.34. The predicted molar refractivity (Wildman–Crippen MR) is 66.5 cm³/mol. The van der Waals surface area contributed by atoms with E-state index in [1.165, 1.54) is 0 Å². The molecule has 16 heavy (non-hydrogen) atoms. The van der Waals surface area contributed by atoms with Crippen LogP contribution in [0.1, 0.15) is 40.5 Å². The molecule has 3 heteroatoms. The lowest BCUT2D eigenvalue weighted by Crippen LogP contribution is -2.56. The first-order valence-corrected chi connectivity index (χ1v) is 6.45. The number of ether oxygens (including phenoxy) is 1. The second kappa shape index (κ2) is 5.99. The van der Waals surface area contributed by atoms with E-state index in [1.54, 1.807) is 0 Å². The highest BCUT2D eigenvalue weighted by molar-refractivity contribution is 4.89. The van der Waals surface area contributed by atoms with Crippen LogP contribution in [0, 0.1) is 5.92 Å². The summed E-state index contributed by atoms with van der Waals surface area (Å²) in [7, 11) is 0. The van der Waals surface area contributed by atoms with Crippen LogP contribution >= 0.6 is 0 Å². The van der Waals surface area contributed by atoms with Crippen molar-refractivity contribution in [2.45, 2.75) is 52.2 Å². The Morgan fingerprint density at radius 2 is 1.75 bits per heavy atom. The second-order valence-electron chi connectivity index (χ2n) is 5.74. The Morgan fingerprint density at radius 3 is 2.25 bits per heavy atom. The maximum absolute atomic E-state index is 10.3. The molecule has 1 aliphatic rings. The maximum Gasteiger partial charge on any atom is 0.0718 e. The van der Waals surface area contributed by atoms with E-state index in [0.717, 1.165) is 39.1 Å². The zero-order valence-corrected chi connectivity index (χ0v) is 11.2. The van der Waals surface area contributed by atoms with Crippen LogP contribution in [0.4, 0.5) is 0 Å². The van der Waals surface area contributed by atoms with Gasteiger partial charge in [0.25, 0.3) is 0 Å². The van der Waals surface area contributed by atoms with Crippen LogP contribution in [0.25, 0.3) is 0 Å². The van der Waals surface area contributed by atoms with E-state index < -0.39 is 0 Å². The molecule has 1 saturated heterocycles. The number of aliphatic hydroxyl groups is 1. The van der Waals surface area contributed by atoms with Crippen LogP contribution in [0.3, 0.4) is 0 Å². The molecule has 3 nitrogen and oxygen atoms in total. The molecule has 0 amide bonds. The minimum Gasteiger partial charge on any atom is -0.391 e. The van der Waals surface area contributed by atoms with Gasteiger partial charge in [-0.1, -0.05) is 13.8 Å². The van der Waals surface area contributed by atoms with Crippen LogP contribution in [0.5, 0.6) is 0 Å². The molecule has 0 aromatic rings. The summed E-state index contributed by atoms with van der Waals surface area (Å²) >= 11 is 0. The Labute approximate surface area is 99.8 Å². The number of aliphatic hydroxyl groups excluding tert-OH is 1. The molecule has 1 N–H and O–H groups in total. The van der Waals surface area contributed by atoms with Gasteiger partial charge >= 0.3 is 0 Å². The molecule has 96 valence electrons. The van der Waals surface area contributed by atoms with Crippen molar-refractivity contribution >= 4 is 0 Å². The van der Waals surface area contributed by atoms with E-state index in [-0.39, 0.29) is 11.6 Å². The Bertz CT molecular complexity index is 198. The zero-order valence-electron chi connectivity index (χ0n) is 11.2. The predicted octanol–water partition coefficient (Wildman–Crippen LogP) is 1.89. The molecule has 0 spiro atoms. The first kappa shape index (κ1) is 13.9. The van der Waals surface area contributed by atoms with Gasteiger partial charge in [-0.2, -0.15) is 0 Å². The lowest BCUT2D eigenvalue weighted by molar-refractivity contribution is -0.0649. The molecule has 1 unspecified atom stereocenters. The Morgan fingerprint density at radius 1 is 1.19 bits per heavy atom. The van der Waals surface area contributed by atoms with Crippen molar-refractivity contribution < 1.29 is 9.84 Å².